The Morgan fingerprint density at radius 3 is 2.48 bits per heavy atom. The molecule has 8 heteroatoms. The van der Waals surface area contributed by atoms with Gasteiger partial charge in [0.1, 0.15) is 5.69 Å². The van der Waals surface area contributed by atoms with Gasteiger partial charge in [0.2, 0.25) is 0 Å². The number of esters is 1. The van der Waals surface area contributed by atoms with Gasteiger partial charge in [0.05, 0.1) is 10.5 Å². The molecule has 2 aromatic rings. The van der Waals surface area contributed by atoms with Crippen LogP contribution in [0.3, 0.4) is 0 Å². The first-order valence-corrected chi connectivity index (χ1v) is 8.29. The summed E-state index contributed by atoms with van der Waals surface area (Å²) >= 11 is 0. The summed E-state index contributed by atoms with van der Waals surface area (Å²) in [4.78, 5) is 36.7. The quantitative estimate of drug-likeness (QED) is 0.456. The minimum absolute atomic E-state index is 0.00561. The SMILES string of the molecule is CNc1ccc(C(=O)O[C@H](C)C(=O)N(C)Cc2ccccc2)cc1[N+](=O)[O-]. The zero-order valence-electron chi connectivity index (χ0n) is 15.3. The van der Waals surface area contributed by atoms with Gasteiger partial charge in [0.25, 0.3) is 11.6 Å². The van der Waals surface area contributed by atoms with Crippen molar-refractivity contribution in [2.75, 3.05) is 19.4 Å². The molecule has 1 N–H and O–H groups in total. The predicted octanol–water partition coefficient (Wildman–Crippen LogP) is 2.84. The molecule has 0 fully saturated rings. The standard InChI is InChI=1S/C19H21N3O5/c1-13(18(23)21(3)12-14-7-5-4-6-8-14)27-19(24)15-9-10-16(20-2)17(11-15)22(25)26/h4-11,13,20H,12H2,1-3H3/t13-/m1/s1. The molecule has 0 unspecified atom stereocenters. The van der Waals surface area contributed by atoms with Gasteiger partial charge < -0.3 is 15.0 Å². The third-order valence-corrected chi connectivity index (χ3v) is 3.97. The maximum atomic E-state index is 12.4. The molecule has 142 valence electrons. The van der Waals surface area contributed by atoms with Crippen LogP contribution in [0.2, 0.25) is 0 Å². The monoisotopic (exact) mass is 371 g/mol. The second kappa shape index (κ2) is 8.79. The summed E-state index contributed by atoms with van der Waals surface area (Å²) in [6.07, 6.45) is -1.02. The fraction of sp³-hybridized carbons (Fsp3) is 0.263. The van der Waals surface area contributed by atoms with Gasteiger partial charge in [-0.2, -0.15) is 0 Å². The highest BCUT2D eigenvalue weighted by Crippen LogP contribution is 2.25. The summed E-state index contributed by atoms with van der Waals surface area (Å²) in [5.41, 5.74) is 0.992. The van der Waals surface area contributed by atoms with Gasteiger partial charge >= 0.3 is 5.97 Å². The van der Waals surface area contributed by atoms with Crippen LogP contribution < -0.4 is 5.32 Å². The number of anilines is 1. The topological polar surface area (TPSA) is 102 Å². The fourth-order valence-electron chi connectivity index (χ4n) is 2.55. The molecule has 27 heavy (non-hydrogen) atoms. The Morgan fingerprint density at radius 1 is 1.22 bits per heavy atom. The number of nitro benzene ring substituents is 1. The van der Waals surface area contributed by atoms with Crippen LogP contribution >= 0.6 is 0 Å². The van der Waals surface area contributed by atoms with Crippen molar-refractivity contribution in [1.82, 2.24) is 4.90 Å². The average Bonchev–Trinajstić information content (AvgIpc) is 2.67. The van der Waals surface area contributed by atoms with Crippen LogP contribution in [0.4, 0.5) is 11.4 Å². The first-order chi connectivity index (χ1) is 12.8. The molecule has 0 saturated carbocycles. The number of nitrogens with zero attached hydrogens (tertiary/aromatic N) is 2. The summed E-state index contributed by atoms with van der Waals surface area (Å²) in [6, 6.07) is 13.4. The van der Waals surface area contributed by atoms with E-state index in [0.717, 1.165) is 11.6 Å². The van der Waals surface area contributed by atoms with Gasteiger partial charge in [-0.05, 0) is 24.6 Å². The number of amides is 1. The van der Waals surface area contributed by atoms with Crippen molar-refractivity contribution in [3.05, 3.63) is 69.8 Å². The lowest BCUT2D eigenvalue weighted by atomic mass is 10.1. The second-order valence-corrected chi connectivity index (χ2v) is 5.97. The zero-order valence-corrected chi connectivity index (χ0v) is 15.3. The molecule has 1 amide bonds. The first kappa shape index (κ1) is 19.9. The second-order valence-electron chi connectivity index (χ2n) is 5.97. The summed E-state index contributed by atoms with van der Waals surface area (Å²) in [5, 5.41) is 13.8. The summed E-state index contributed by atoms with van der Waals surface area (Å²) in [6.45, 7) is 1.85. The molecular formula is C19H21N3O5. The minimum atomic E-state index is -1.02. The Kier molecular flexibility index (Phi) is 6.48. The van der Waals surface area contributed by atoms with Crippen molar-refractivity contribution < 1.29 is 19.2 Å². The first-order valence-electron chi connectivity index (χ1n) is 8.29. The predicted molar refractivity (Wildman–Crippen MR) is 100 cm³/mol. The molecule has 0 saturated heterocycles. The van der Waals surface area contributed by atoms with Gasteiger partial charge in [-0.15, -0.1) is 0 Å². The average molecular weight is 371 g/mol. The van der Waals surface area contributed by atoms with Crippen LogP contribution in [-0.4, -0.2) is 41.9 Å². The number of nitro groups is 1. The Balaban J connectivity index is 2.05. The third kappa shape index (κ3) is 5.04. The van der Waals surface area contributed by atoms with Crippen molar-refractivity contribution >= 4 is 23.3 Å². The van der Waals surface area contributed by atoms with E-state index in [-0.39, 0.29) is 22.8 Å². The van der Waals surface area contributed by atoms with Gasteiger partial charge in [-0.25, -0.2) is 4.79 Å². The molecule has 0 spiro atoms. The van der Waals surface area contributed by atoms with E-state index in [1.807, 2.05) is 30.3 Å². The highest BCUT2D eigenvalue weighted by Gasteiger charge is 2.24. The number of benzene rings is 2. The van der Waals surface area contributed by atoms with E-state index in [9.17, 15) is 19.7 Å². The molecule has 0 aliphatic rings. The highest BCUT2D eigenvalue weighted by molar-refractivity contribution is 5.93. The molecule has 0 heterocycles. The lowest BCUT2D eigenvalue weighted by Crippen LogP contribution is -2.37. The Bertz CT molecular complexity index is 838. The summed E-state index contributed by atoms with van der Waals surface area (Å²) < 4.78 is 5.19. The lowest BCUT2D eigenvalue weighted by Gasteiger charge is -2.21. The third-order valence-electron chi connectivity index (χ3n) is 3.97. The van der Waals surface area contributed by atoms with Crippen LogP contribution in [0, 0.1) is 10.1 Å². The van der Waals surface area contributed by atoms with Gasteiger partial charge in [0, 0.05) is 26.7 Å². The van der Waals surface area contributed by atoms with E-state index < -0.39 is 17.0 Å². The van der Waals surface area contributed by atoms with Crippen molar-refractivity contribution in [2.45, 2.75) is 19.6 Å². The number of hydrogen-bond acceptors (Lipinski definition) is 6. The van der Waals surface area contributed by atoms with Crippen molar-refractivity contribution in [3.8, 4) is 0 Å². The number of carbonyl (C=O) groups is 2. The van der Waals surface area contributed by atoms with E-state index in [0.29, 0.717) is 6.54 Å². The van der Waals surface area contributed by atoms with Crippen LogP contribution in [-0.2, 0) is 16.1 Å². The van der Waals surface area contributed by atoms with Gasteiger partial charge in [-0.3, -0.25) is 14.9 Å². The van der Waals surface area contributed by atoms with Gasteiger partial charge in [-0.1, -0.05) is 30.3 Å². The smallest absolute Gasteiger partial charge is 0.339 e. The van der Waals surface area contributed by atoms with E-state index in [1.165, 1.54) is 24.0 Å². The number of rotatable bonds is 7. The molecular weight excluding hydrogens is 350 g/mol. The molecule has 0 aliphatic heterocycles. The molecule has 2 rings (SSSR count). The molecule has 0 aliphatic carbocycles. The van der Waals surface area contributed by atoms with Crippen LogP contribution in [0.5, 0.6) is 0 Å². The fourth-order valence-corrected chi connectivity index (χ4v) is 2.55. The minimum Gasteiger partial charge on any atom is -0.449 e. The molecule has 1 atom stereocenters. The van der Waals surface area contributed by atoms with Crippen LogP contribution in [0.15, 0.2) is 48.5 Å². The number of likely N-dealkylation sites (N-methyl/N-ethyl adjacent to an activating group) is 1. The Hall–Kier alpha value is -3.42. The summed E-state index contributed by atoms with van der Waals surface area (Å²) in [5.74, 6) is -1.16. The zero-order chi connectivity index (χ0) is 20.0. The van der Waals surface area contributed by atoms with E-state index in [2.05, 4.69) is 5.32 Å². The van der Waals surface area contributed by atoms with Crippen LogP contribution in [0.1, 0.15) is 22.8 Å². The molecule has 0 aromatic heterocycles. The number of nitrogens with one attached hydrogen (secondary N) is 1. The molecule has 0 bridgehead atoms. The largest absolute Gasteiger partial charge is 0.449 e. The molecule has 2 aromatic carbocycles. The van der Waals surface area contributed by atoms with Crippen molar-refractivity contribution in [3.63, 3.8) is 0 Å². The van der Waals surface area contributed by atoms with Crippen molar-refractivity contribution in [1.29, 1.82) is 0 Å². The Morgan fingerprint density at radius 2 is 1.89 bits per heavy atom. The number of hydrogen-bond donors (Lipinski definition) is 1. The number of ether oxygens (including phenoxy) is 1. The maximum absolute atomic E-state index is 12.4. The normalized spacial score (nSPS) is 11.4. The molecule has 8 nitrogen and oxygen atoms in total. The Labute approximate surface area is 156 Å². The lowest BCUT2D eigenvalue weighted by molar-refractivity contribution is -0.384. The van der Waals surface area contributed by atoms with E-state index >= 15 is 0 Å². The molecule has 0 radical (unpaired) electrons. The van der Waals surface area contributed by atoms with E-state index in [1.54, 1.807) is 14.1 Å². The van der Waals surface area contributed by atoms with Crippen LogP contribution in [0.25, 0.3) is 0 Å². The maximum Gasteiger partial charge on any atom is 0.339 e. The number of carbonyl (C=O) groups excluding carboxylic acids is 2. The highest BCUT2D eigenvalue weighted by atomic mass is 16.6. The van der Waals surface area contributed by atoms with Crippen molar-refractivity contribution in [2.24, 2.45) is 0 Å². The summed E-state index contributed by atoms with van der Waals surface area (Å²) in [7, 11) is 3.16. The van der Waals surface area contributed by atoms with Gasteiger partial charge in [0.15, 0.2) is 6.10 Å². The van der Waals surface area contributed by atoms with E-state index in [4.69, 9.17) is 4.74 Å².